The molecule has 0 bridgehead atoms. The van der Waals surface area contributed by atoms with Crippen LogP contribution in [0.5, 0.6) is 0 Å². The summed E-state index contributed by atoms with van der Waals surface area (Å²) in [5.41, 5.74) is 1.48. The third-order valence-electron chi connectivity index (χ3n) is 3.12. The lowest BCUT2D eigenvalue weighted by atomic mass is 9.98. The molecule has 1 atom stereocenters. The van der Waals surface area contributed by atoms with Crippen LogP contribution in [0.15, 0.2) is 30.3 Å². The van der Waals surface area contributed by atoms with Crippen LogP contribution in [0.25, 0.3) is 0 Å². The van der Waals surface area contributed by atoms with Crippen LogP contribution in [0.1, 0.15) is 24.8 Å². The molecule has 0 spiro atoms. The molecule has 0 N–H and O–H groups in total. The molecule has 0 aliphatic carbocycles. The molecule has 0 aromatic heterocycles. The standard InChI is InChI=1S/C13H19NS/c1-15-14-10-6-5-9-13(14)11-12-7-3-2-4-8-12/h2-4,7-8,13H,5-6,9-11H2,1H3. The molecule has 1 saturated heterocycles. The first-order valence-electron chi connectivity index (χ1n) is 5.75. The Morgan fingerprint density at radius 3 is 2.80 bits per heavy atom. The quantitative estimate of drug-likeness (QED) is 0.720. The maximum atomic E-state index is 2.55. The second kappa shape index (κ2) is 5.57. The molecule has 1 aliphatic heterocycles. The number of hydrogen-bond acceptors (Lipinski definition) is 2. The van der Waals surface area contributed by atoms with Crippen molar-refractivity contribution in [2.75, 3.05) is 12.8 Å². The summed E-state index contributed by atoms with van der Waals surface area (Å²) in [6.45, 7) is 1.26. The van der Waals surface area contributed by atoms with Crippen molar-refractivity contribution in [1.82, 2.24) is 4.31 Å². The minimum atomic E-state index is 0.746. The highest BCUT2D eigenvalue weighted by Crippen LogP contribution is 2.25. The number of piperidine rings is 1. The molecule has 2 heteroatoms. The largest absolute Gasteiger partial charge is 0.247 e. The van der Waals surface area contributed by atoms with Crippen molar-refractivity contribution in [2.24, 2.45) is 0 Å². The number of benzene rings is 1. The molecule has 1 aromatic carbocycles. The number of rotatable bonds is 3. The molecule has 1 nitrogen and oxygen atoms in total. The summed E-state index contributed by atoms with van der Waals surface area (Å²) < 4.78 is 2.55. The minimum absolute atomic E-state index is 0.746. The molecule has 1 aromatic rings. The first-order valence-corrected chi connectivity index (χ1v) is 6.93. The van der Waals surface area contributed by atoms with E-state index in [1.165, 1.54) is 37.8 Å². The molecular formula is C13H19NS. The van der Waals surface area contributed by atoms with Gasteiger partial charge in [-0.25, -0.2) is 4.31 Å². The van der Waals surface area contributed by atoms with Crippen molar-refractivity contribution in [1.29, 1.82) is 0 Å². The molecule has 0 amide bonds. The van der Waals surface area contributed by atoms with Gasteiger partial charge in [-0.15, -0.1) is 0 Å². The predicted molar refractivity (Wildman–Crippen MR) is 68.0 cm³/mol. The summed E-state index contributed by atoms with van der Waals surface area (Å²) in [4.78, 5) is 0. The topological polar surface area (TPSA) is 3.24 Å². The van der Waals surface area contributed by atoms with E-state index >= 15 is 0 Å². The van der Waals surface area contributed by atoms with E-state index in [9.17, 15) is 0 Å². The van der Waals surface area contributed by atoms with Crippen LogP contribution in [0.3, 0.4) is 0 Å². The lowest BCUT2D eigenvalue weighted by Crippen LogP contribution is -2.35. The van der Waals surface area contributed by atoms with E-state index in [1.807, 2.05) is 11.9 Å². The first-order chi connectivity index (χ1) is 7.40. The van der Waals surface area contributed by atoms with Gasteiger partial charge in [0.15, 0.2) is 0 Å². The lowest BCUT2D eigenvalue weighted by molar-refractivity contribution is 0.273. The summed E-state index contributed by atoms with van der Waals surface area (Å²) in [6.07, 6.45) is 7.53. The molecule has 15 heavy (non-hydrogen) atoms. The highest BCUT2D eigenvalue weighted by Gasteiger charge is 2.21. The fourth-order valence-electron chi connectivity index (χ4n) is 2.30. The summed E-state index contributed by atoms with van der Waals surface area (Å²) in [5, 5.41) is 0. The monoisotopic (exact) mass is 221 g/mol. The Balaban J connectivity index is 1.97. The number of nitrogens with zero attached hydrogens (tertiary/aromatic N) is 1. The summed E-state index contributed by atoms with van der Waals surface area (Å²) in [7, 11) is 0. The normalized spacial score (nSPS) is 22.9. The fraction of sp³-hybridized carbons (Fsp3) is 0.538. The molecule has 1 fully saturated rings. The van der Waals surface area contributed by atoms with Gasteiger partial charge in [-0.1, -0.05) is 48.7 Å². The molecule has 1 unspecified atom stereocenters. The number of hydrogen-bond donors (Lipinski definition) is 0. The van der Waals surface area contributed by atoms with Crippen LogP contribution in [0.4, 0.5) is 0 Å². The van der Waals surface area contributed by atoms with E-state index in [1.54, 1.807) is 0 Å². The van der Waals surface area contributed by atoms with E-state index in [2.05, 4.69) is 40.9 Å². The molecule has 1 heterocycles. The van der Waals surface area contributed by atoms with E-state index in [0.29, 0.717) is 0 Å². The van der Waals surface area contributed by atoms with Crippen molar-refractivity contribution in [3.05, 3.63) is 35.9 Å². The van der Waals surface area contributed by atoms with Gasteiger partial charge in [0.2, 0.25) is 0 Å². The summed E-state index contributed by atoms with van der Waals surface area (Å²) in [5.74, 6) is 0. The van der Waals surface area contributed by atoms with E-state index < -0.39 is 0 Å². The van der Waals surface area contributed by atoms with E-state index in [-0.39, 0.29) is 0 Å². The molecule has 1 aliphatic rings. The van der Waals surface area contributed by atoms with Gasteiger partial charge in [0.25, 0.3) is 0 Å². The van der Waals surface area contributed by atoms with Crippen LogP contribution in [-0.4, -0.2) is 23.1 Å². The van der Waals surface area contributed by atoms with Gasteiger partial charge < -0.3 is 0 Å². The summed E-state index contributed by atoms with van der Waals surface area (Å²) >= 11 is 1.91. The van der Waals surface area contributed by atoms with Crippen molar-refractivity contribution in [2.45, 2.75) is 31.7 Å². The van der Waals surface area contributed by atoms with E-state index in [0.717, 1.165) is 6.04 Å². The Morgan fingerprint density at radius 2 is 2.07 bits per heavy atom. The van der Waals surface area contributed by atoms with Gasteiger partial charge in [-0.2, -0.15) is 0 Å². The second-order valence-electron chi connectivity index (χ2n) is 4.16. The van der Waals surface area contributed by atoms with Crippen LogP contribution in [0.2, 0.25) is 0 Å². The third-order valence-corrected chi connectivity index (χ3v) is 4.07. The molecule has 2 rings (SSSR count). The minimum Gasteiger partial charge on any atom is -0.247 e. The SMILES string of the molecule is CSN1CCCCC1Cc1ccccc1. The zero-order valence-corrected chi connectivity index (χ0v) is 10.2. The van der Waals surface area contributed by atoms with Gasteiger partial charge in [0.1, 0.15) is 0 Å². The summed E-state index contributed by atoms with van der Waals surface area (Å²) in [6, 6.07) is 11.6. The van der Waals surface area contributed by atoms with Crippen LogP contribution < -0.4 is 0 Å². The molecular weight excluding hydrogens is 202 g/mol. The highest BCUT2D eigenvalue weighted by molar-refractivity contribution is 7.96. The van der Waals surface area contributed by atoms with Crippen LogP contribution in [-0.2, 0) is 6.42 Å². The van der Waals surface area contributed by atoms with Gasteiger partial charge in [-0.3, -0.25) is 0 Å². The molecule has 0 radical (unpaired) electrons. The van der Waals surface area contributed by atoms with Crippen LogP contribution >= 0.6 is 11.9 Å². The maximum Gasteiger partial charge on any atom is 0.0242 e. The van der Waals surface area contributed by atoms with Gasteiger partial charge in [0.05, 0.1) is 0 Å². The Labute approximate surface area is 97.0 Å². The smallest absolute Gasteiger partial charge is 0.0242 e. The van der Waals surface area contributed by atoms with Crippen molar-refractivity contribution in [3.8, 4) is 0 Å². The molecule has 82 valence electrons. The Kier molecular flexibility index (Phi) is 4.09. The first kappa shape index (κ1) is 11.0. The fourth-order valence-corrected chi connectivity index (χ4v) is 3.09. The zero-order chi connectivity index (χ0) is 10.5. The maximum absolute atomic E-state index is 2.55. The Bertz CT molecular complexity index is 286. The van der Waals surface area contributed by atoms with Crippen LogP contribution in [0, 0.1) is 0 Å². The second-order valence-corrected chi connectivity index (χ2v) is 5.00. The van der Waals surface area contributed by atoms with Gasteiger partial charge >= 0.3 is 0 Å². The average molecular weight is 221 g/mol. The Hall–Kier alpha value is -0.470. The van der Waals surface area contributed by atoms with E-state index in [4.69, 9.17) is 0 Å². The van der Waals surface area contributed by atoms with Gasteiger partial charge in [-0.05, 0) is 31.1 Å². The van der Waals surface area contributed by atoms with Crippen molar-refractivity contribution in [3.63, 3.8) is 0 Å². The zero-order valence-electron chi connectivity index (χ0n) is 9.36. The molecule has 0 saturated carbocycles. The van der Waals surface area contributed by atoms with Crippen molar-refractivity contribution >= 4 is 11.9 Å². The van der Waals surface area contributed by atoms with Gasteiger partial charge in [0, 0.05) is 12.6 Å². The predicted octanol–water partition coefficient (Wildman–Crippen LogP) is 3.36. The lowest BCUT2D eigenvalue weighted by Gasteiger charge is -2.33. The average Bonchev–Trinajstić information content (AvgIpc) is 2.31. The highest BCUT2D eigenvalue weighted by atomic mass is 32.2. The Morgan fingerprint density at radius 1 is 1.27 bits per heavy atom. The third kappa shape index (κ3) is 2.99. The van der Waals surface area contributed by atoms with Crippen molar-refractivity contribution < 1.29 is 0 Å².